The number of nitrogens with zero attached hydrogens (tertiary/aromatic N) is 2. The molecule has 0 aliphatic heterocycles. The summed E-state index contributed by atoms with van der Waals surface area (Å²) in [5.41, 5.74) is 1.68. The summed E-state index contributed by atoms with van der Waals surface area (Å²) in [6.45, 7) is 4.46. The predicted molar refractivity (Wildman–Crippen MR) is 94.2 cm³/mol. The molecule has 0 aliphatic carbocycles. The largest absolute Gasteiger partial charge is 0.758 e. The maximum Gasteiger partial charge on any atom is 0.237 e. The Morgan fingerprint density at radius 2 is 2.14 bits per heavy atom. The first-order valence-corrected chi connectivity index (χ1v) is 8.21. The highest BCUT2D eigenvalue weighted by molar-refractivity contribution is 9.10. The zero-order valence-electron chi connectivity index (χ0n) is 12.5. The lowest BCUT2D eigenvalue weighted by Gasteiger charge is -2.18. The van der Waals surface area contributed by atoms with Gasteiger partial charge in [0.1, 0.15) is 0 Å². The van der Waals surface area contributed by atoms with Crippen LogP contribution in [-0.4, -0.2) is 17.4 Å². The van der Waals surface area contributed by atoms with E-state index in [2.05, 4.69) is 20.9 Å². The molecule has 5 heteroatoms. The molecular weight excluding hydrogens is 360 g/mol. The van der Waals surface area contributed by atoms with E-state index >= 15 is 0 Å². The molecule has 2 rings (SSSR count). The Morgan fingerprint density at radius 1 is 1.36 bits per heavy atom. The molecule has 0 N–H and O–H groups in total. The topological polar surface area (TPSA) is 33.3 Å². The third-order valence-corrected chi connectivity index (χ3v) is 4.02. The summed E-state index contributed by atoms with van der Waals surface area (Å²) in [4.78, 5) is 17.2. The third-order valence-electron chi connectivity index (χ3n) is 3.17. The molecule has 3 nitrogen and oxygen atoms in total. The summed E-state index contributed by atoms with van der Waals surface area (Å²) in [6, 6.07) is 10.6. The lowest BCUT2D eigenvalue weighted by Crippen LogP contribution is -2.47. The molecular formula is C17H17BrN2OS. The number of aryl methyl sites for hydroxylation is 1. The first-order valence-electron chi connectivity index (χ1n) is 7.01. The van der Waals surface area contributed by atoms with Crippen LogP contribution in [0.5, 0.6) is 0 Å². The number of carbonyl (C=O) groups is 1. The Labute approximate surface area is 144 Å². The van der Waals surface area contributed by atoms with Crippen LogP contribution in [0.3, 0.4) is 0 Å². The fourth-order valence-corrected chi connectivity index (χ4v) is 2.95. The van der Waals surface area contributed by atoms with Crippen LogP contribution < -0.4 is 4.57 Å². The maximum atomic E-state index is 12.9. The number of aromatic nitrogens is 1. The first-order chi connectivity index (χ1) is 10.5. The van der Waals surface area contributed by atoms with Crippen molar-refractivity contribution < 1.29 is 9.36 Å². The highest BCUT2D eigenvalue weighted by Gasteiger charge is 2.28. The van der Waals surface area contributed by atoms with E-state index in [1.54, 1.807) is 12.1 Å². The summed E-state index contributed by atoms with van der Waals surface area (Å²) >= 11 is 8.79. The van der Waals surface area contributed by atoms with E-state index in [1.165, 1.54) is 0 Å². The second-order valence-electron chi connectivity index (χ2n) is 4.92. The maximum absolute atomic E-state index is 12.9. The van der Waals surface area contributed by atoms with Crippen LogP contribution in [0, 0.1) is 6.92 Å². The third kappa shape index (κ3) is 3.99. The molecule has 0 radical (unpaired) electrons. The van der Waals surface area contributed by atoms with Gasteiger partial charge in [-0.25, -0.2) is 0 Å². The average molecular weight is 377 g/mol. The lowest BCUT2D eigenvalue weighted by molar-refractivity contribution is -0.692. The van der Waals surface area contributed by atoms with Crippen LogP contribution in [0.25, 0.3) is 0 Å². The normalized spacial score (nSPS) is 13.0. The van der Waals surface area contributed by atoms with Gasteiger partial charge in [0.2, 0.25) is 11.8 Å². The zero-order chi connectivity index (χ0) is 16.1. The van der Waals surface area contributed by atoms with Gasteiger partial charge in [-0.2, -0.15) is 4.57 Å². The summed E-state index contributed by atoms with van der Waals surface area (Å²) in [5, 5.41) is 0.406. The number of benzene rings is 1. The minimum Gasteiger partial charge on any atom is -0.758 e. The second-order valence-corrected chi connectivity index (χ2v) is 6.25. The predicted octanol–water partition coefficient (Wildman–Crippen LogP) is 3.43. The van der Waals surface area contributed by atoms with Gasteiger partial charge in [-0.3, -0.25) is 4.79 Å². The SMILES string of the molecule is CCN=C([S-])C(C(=O)c1cccc(Br)c1)[n+]1cccc(C)c1. The average Bonchev–Trinajstić information content (AvgIpc) is 2.48. The minimum absolute atomic E-state index is 0.0564. The second kappa shape index (κ2) is 7.61. The molecule has 0 spiro atoms. The van der Waals surface area contributed by atoms with E-state index < -0.39 is 6.04 Å². The van der Waals surface area contributed by atoms with Crippen molar-refractivity contribution in [2.24, 2.45) is 4.99 Å². The summed E-state index contributed by atoms with van der Waals surface area (Å²) in [7, 11) is 0. The molecule has 0 saturated carbocycles. The van der Waals surface area contributed by atoms with Crippen molar-refractivity contribution in [1.82, 2.24) is 0 Å². The number of pyridine rings is 1. The minimum atomic E-state index is -0.593. The van der Waals surface area contributed by atoms with Crippen molar-refractivity contribution in [2.45, 2.75) is 19.9 Å². The number of rotatable bonds is 5. The van der Waals surface area contributed by atoms with Crippen molar-refractivity contribution in [3.8, 4) is 0 Å². The van der Waals surface area contributed by atoms with Gasteiger partial charge in [0.05, 0.1) is 0 Å². The monoisotopic (exact) mass is 376 g/mol. The van der Waals surface area contributed by atoms with Gasteiger partial charge in [0, 0.05) is 28.2 Å². The zero-order valence-corrected chi connectivity index (χ0v) is 14.9. The van der Waals surface area contributed by atoms with Crippen molar-refractivity contribution >= 4 is 39.4 Å². The number of halogens is 1. The van der Waals surface area contributed by atoms with E-state index in [-0.39, 0.29) is 5.78 Å². The van der Waals surface area contributed by atoms with Crippen LogP contribution in [0.4, 0.5) is 0 Å². The van der Waals surface area contributed by atoms with Gasteiger partial charge in [-0.05, 0) is 37.1 Å². The van der Waals surface area contributed by atoms with Crippen LogP contribution in [0.15, 0.2) is 58.3 Å². The Bertz CT molecular complexity index is 715. The summed E-state index contributed by atoms with van der Waals surface area (Å²) in [5.74, 6) is -0.0564. The van der Waals surface area contributed by atoms with Gasteiger partial charge < -0.3 is 17.6 Å². The molecule has 1 aromatic heterocycles. The molecule has 0 fully saturated rings. The Kier molecular flexibility index (Phi) is 5.80. The number of carbonyl (C=O) groups excluding carboxylic acids is 1. The Hall–Kier alpha value is -1.59. The molecule has 1 unspecified atom stereocenters. The molecule has 114 valence electrons. The number of hydrogen-bond donors (Lipinski definition) is 0. The van der Waals surface area contributed by atoms with Crippen molar-refractivity contribution in [3.05, 3.63) is 64.4 Å². The fourth-order valence-electron chi connectivity index (χ4n) is 2.19. The van der Waals surface area contributed by atoms with Crippen molar-refractivity contribution in [2.75, 3.05) is 6.54 Å². The van der Waals surface area contributed by atoms with Gasteiger partial charge in [0.15, 0.2) is 12.4 Å². The van der Waals surface area contributed by atoms with Gasteiger partial charge in [-0.1, -0.05) is 28.1 Å². The van der Waals surface area contributed by atoms with Gasteiger partial charge in [0.25, 0.3) is 0 Å². The standard InChI is InChI=1S/C17H17BrN2OS/c1-3-19-17(22)15(20-9-5-6-12(2)11-20)16(21)13-7-4-8-14(18)10-13/h4-11,15H,3H2,1-2H3. The van der Waals surface area contributed by atoms with E-state index in [9.17, 15) is 4.79 Å². The van der Waals surface area contributed by atoms with E-state index in [4.69, 9.17) is 12.6 Å². The number of ketones is 1. The molecule has 0 aliphatic rings. The van der Waals surface area contributed by atoms with Crippen molar-refractivity contribution in [1.29, 1.82) is 0 Å². The summed E-state index contributed by atoms with van der Waals surface area (Å²) in [6.07, 6.45) is 3.77. The van der Waals surface area contributed by atoms with E-state index in [1.807, 2.05) is 55.1 Å². The molecule has 2 aromatic rings. The Balaban J connectivity index is 2.49. The van der Waals surface area contributed by atoms with Crippen molar-refractivity contribution in [3.63, 3.8) is 0 Å². The highest BCUT2D eigenvalue weighted by Crippen LogP contribution is 2.16. The molecule has 0 bridgehead atoms. The van der Waals surface area contributed by atoms with E-state index in [0.29, 0.717) is 17.2 Å². The van der Waals surface area contributed by atoms with Crippen LogP contribution in [0.2, 0.25) is 0 Å². The molecule has 0 amide bonds. The van der Waals surface area contributed by atoms with Crippen LogP contribution in [0.1, 0.15) is 28.9 Å². The molecule has 1 heterocycles. The summed E-state index contributed by atoms with van der Waals surface area (Å²) < 4.78 is 2.70. The number of hydrogen-bond acceptors (Lipinski definition) is 3. The smallest absolute Gasteiger partial charge is 0.237 e. The first kappa shape index (κ1) is 16.8. The molecule has 1 atom stereocenters. The van der Waals surface area contributed by atoms with Crippen LogP contribution >= 0.6 is 15.9 Å². The highest BCUT2D eigenvalue weighted by atomic mass is 79.9. The molecule has 0 saturated heterocycles. The lowest BCUT2D eigenvalue weighted by atomic mass is 10.0. The quantitative estimate of drug-likeness (QED) is 0.263. The Morgan fingerprint density at radius 3 is 2.77 bits per heavy atom. The molecule has 1 aromatic carbocycles. The van der Waals surface area contributed by atoms with E-state index in [0.717, 1.165) is 10.0 Å². The van der Waals surface area contributed by atoms with Gasteiger partial charge >= 0.3 is 0 Å². The van der Waals surface area contributed by atoms with Crippen LogP contribution in [-0.2, 0) is 12.6 Å². The number of Topliss-reactive ketones (excluding diaryl/α,β-unsaturated/α-hetero) is 1. The molecule has 22 heavy (non-hydrogen) atoms. The van der Waals surface area contributed by atoms with Gasteiger partial charge in [-0.15, -0.1) is 0 Å². The number of aliphatic imine (C=N–C) groups is 1. The fraction of sp³-hybridized carbons (Fsp3) is 0.235.